The zero-order valence-corrected chi connectivity index (χ0v) is 14.9. The number of ether oxygens (including phenoxy) is 1. The monoisotopic (exact) mass is 362 g/mol. The second-order valence-electron chi connectivity index (χ2n) is 6.52. The van der Waals surface area contributed by atoms with Crippen molar-refractivity contribution in [2.75, 3.05) is 6.61 Å². The summed E-state index contributed by atoms with van der Waals surface area (Å²) < 4.78 is 13.4. The van der Waals surface area contributed by atoms with Gasteiger partial charge < -0.3 is 9.15 Å². The van der Waals surface area contributed by atoms with Gasteiger partial charge in [0.2, 0.25) is 11.8 Å². The number of fused-ring (bicyclic) bond motifs is 1. The molecule has 0 spiro atoms. The van der Waals surface area contributed by atoms with Gasteiger partial charge in [-0.2, -0.15) is 5.10 Å². The van der Waals surface area contributed by atoms with Gasteiger partial charge in [-0.25, -0.2) is 4.68 Å². The Morgan fingerprint density at radius 3 is 2.78 bits per heavy atom. The largest absolute Gasteiger partial charge is 0.421 e. The van der Waals surface area contributed by atoms with Crippen molar-refractivity contribution in [1.29, 1.82) is 0 Å². The number of hydrogen-bond donors (Lipinski definition) is 0. The molecule has 8 nitrogen and oxygen atoms in total. The van der Waals surface area contributed by atoms with Gasteiger partial charge in [0.25, 0.3) is 0 Å². The van der Waals surface area contributed by atoms with Gasteiger partial charge in [0.05, 0.1) is 11.2 Å². The summed E-state index contributed by atoms with van der Waals surface area (Å²) in [6.45, 7) is 2.53. The van der Waals surface area contributed by atoms with Crippen LogP contribution in [0.5, 0.6) is 0 Å². The predicted molar refractivity (Wildman–Crippen MR) is 97.6 cm³/mol. The third-order valence-electron chi connectivity index (χ3n) is 4.76. The molecule has 0 N–H and O–H groups in total. The lowest BCUT2D eigenvalue weighted by atomic mass is 10.1. The molecule has 0 saturated carbocycles. The highest BCUT2D eigenvalue weighted by Gasteiger charge is 2.22. The molecule has 1 atom stereocenters. The molecule has 5 heterocycles. The van der Waals surface area contributed by atoms with Crippen molar-refractivity contribution in [2.24, 2.45) is 0 Å². The average Bonchev–Trinajstić information content (AvgIpc) is 3.37. The number of rotatable bonds is 3. The second kappa shape index (κ2) is 6.55. The molecule has 1 aliphatic heterocycles. The fourth-order valence-corrected chi connectivity index (χ4v) is 3.51. The zero-order valence-electron chi connectivity index (χ0n) is 14.9. The van der Waals surface area contributed by atoms with E-state index in [1.807, 2.05) is 22.9 Å². The van der Waals surface area contributed by atoms with Gasteiger partial charge >= 0.3 is 0 Å². The second-order valence-corrected chi connectivity index (χ2v) is 6.52. The first-order chi connectivity index (χ1) is 13.3. The fourth-order valence-electron chi connectivity index (χ4n) is 3.51. The van der Waals surface area contributed by atoms with Crippen molar-refractivity contribution < 1.29 is 9.15 Å². The van der Waals surface area contributed by atoms with Gasteiger partial charge in [-0.3, -0.25) is 9.97 Å². The highest BCUT2D eigenvalue weighted by Crippen LogP contribution is 2.33. The van der Waals surface area contributed by atoms with E-state index in [2.05, 4.69) is 25.3 Å². The van der Waals surface area contributed by atoms with Crippen LogP contribution in [0.3, 0.4) is 0 Å². The van der Waals surface area contributed by atoms with Gasteiger partial charge in [-0.1, -0.05) is 0 Å². The van der Waals surface area contributed by atoms with Crippen LogP contribution in [0.25, 0.3) is 33.7 Å². The van der Waals surface area contributed by atoms with Crippen LogP contribution in [0.15, 0.2) is 41.2 Å². The Hall–Kier alpha value is -3.13. The van der Waals surface area contributed by atoms with Crippen LogP contribution in [0.1, 0.15) is 31.4 Å². The smallest absolute Gasteiger partial charge is 0.248 e. The Labute approximate surface area is 155 Å². The number of nitrogens with zero attached hydrogens (tertiary/aromatic N) is 6. The molecule has 1 unspecified atom stereocenters. The quantitative estimate of drug-likeness (QED) is 0.550. The molecule has 1 aliphatic rings. The number of hydrogen-bond acceptors (Lipinski definition) is 7. The van der Waals surface area contributed by atoms with Crippen LogP contribution in [0.2, 0.25) is 0 Å². The van der Waals surface area contributed by atoms with Crippen molar-refractivity contribution in [3.8, 4) is 22.8 Å². The molecule has 1 fully saturated rings. The van der Waals surface area contributed by atoms with Crippen LogP contribution < -0.4 is 0 Å². The van der Waals surface area contributed by atoms with E-state index >= 15 is 0 Å². The van der Waals surface area contributed by atoms with Crippen molar-refractivity contribution >= 4 is 10.9 Å². The summed E-state index contributed by atoms with van der Waals surface area (Å²) in [5.41, 5.74) is 3.25. The SMILES string of the molecule is Cc1nnc(-c2ccnc3c(-c4ccnn4C4CCCCO4)nccc23)o1. The number of pyridine rings is 2. The number of aryl methyl sites for hydroxylation is 1. The highest BCUT2D eigenvalue weighted by molar-refractivity contribution is 5.98. The molecule has 1 saturated heterocycles. The summed E-state index contributed by atoms with van der Waals surface area (Å²) in [6, 6.07) is 5.74. The average molecular weight is 362 g/mol. The van der Waals surface area contributed by atoms with E-state index in [4.69, 9.17) is 9.15 Å². The summed E-state index contributed by atoms with van der Waals surface area (Å²) in [7, 11) is 0. The molecular weight excluding hydrogens is 344 g/mol. The molecule has 136 valence electrons. The maximum Gasteiger partial charge on any atom is 0.248 e. The third-order valence-corrected chi connectivity index (χ3v) is 4.76. The maximum absolute atomic E-state index is 5.91. The number of aromatic nitrogens is 6. The van der Waals surface area contributed by atoms with Crippen molar-refractivity contribution in [1.82, 2.24) is 29.9 Å². The van der Waals surface area contributed by atoms with E-state index in [1.54, 1.807) is 25.5 Å². The van der Waals surface area contributed by atoms with Gasteiger partial charge in [0.15, 0.2) is 6.23 Å². The Balaban J connectivity index is 1.66. The summed E-state index contributed by atoms with van der Waals surface area (Å²) in [5, 5.41) is 13.5. The lowest BCUT2D eigenvalue weighted by Crippen LogP contribution is -2.20. The summed E-state index contributed by atoms with van der Waals surface area (Å²) in [6.07, 6.45) is 8.38. The van der Waals surface area contributed by atoms with Crippen LogP contribution in [0, 0.1) is 6.92 Å². The molecule has 27 heavy (non-hydrogen) atoms. The third kappa shape index (κ3) is 2.78. The van der Waals surface area contributed by atoms with Crippen molar-refractivity contribution in [2.45, 2.75) is 32.4 Å². The Morgan fingerprint density at radius 1 is 1.04 bits per heavy atom. The van der Waals surface area contributed by atoms with Crippen LogP contribution in [-0.4, -0.2) is 36.6 Å². The van der Waals surface area contributed by atoms with Crippen LogP contribution >= 0.6 is 0 Å². The Bertz CT molecular complexity index is 1100. The van der Waals surface area contributed by atoms with Crippen molar-refractivity contribution in [3.05, 3.63) is 42.7 Å². The normalized spacial score (nSPS) is 17.4. The first-order valence-corrected chi connectivity index (χ1v) is 9.01. The van der Waals surface area contributed by atoms with E-state index in [0.29, 0.717) is 11.8 Å². The fraction of sp³-hybridized carbons (Fsp3) is 0.316. The van der Waals surface area contributed by atoms with E-state index in [9.17, 15) is 0 Å². The van der Waals surface area contributed by atoms with Crippen molar-refractivity contribution in [3.63, 3.8) is 0 Å². The molecule has 0 radical (unpaired) electrons. The molecule has 0 aliphatic carbocycles. The van der Waals surface area contributed by atoms with Gasteiger partial charge in [-0.05, 0) is 37.5 Å². The first-order valence-electron chi connectivity index (χ1n) is 9.01. The Kier molecular flexibility index (Phi) is 3.90. The summed E-state index contributed by atoms with van der Waals surface area (Å²) in [4.78, 5) is 9.18. The van der Waals surface area contributed by atoms with Gasteiger partial charge in [0, 0.05) is 43.1 Å². The highest BCUT2D eigenvalue weighted by atomic mass is 16.5. The van der Waals surface area contributed by atoms with E-state index in [0.717, 1.165) is 53.7 Å². The van der Waals surface area contributed by atoms with E-state index < -0.39 is 0 Å². The standard InChI is InChI=1S/C19H18N6O2/c1-12-23-24-19(27-12)14-6-9-20-17-13(14)5-8-21-18(17)15-7-10-22-25(15)16-4-2-3-11-26-16/h5-10,16H,2-4,11H2,1H3. The summed E-state index contributed by atoms with van der Waals surface area (Å²) >= 11 is 0. The minimum atomic E-state index is -0.0671. The van der Waals surface area contributed by atoms with E-state index in [1.165, 1.54) is 0 Å². The molecular formula is C19H18N6O2. The van der Waals surface area contributed by atoms with Crippen LogP contribution in [-0.2, 0) is 4.74 Å². The predicted octanol–water partition coefficient (Wildman–Crippen LogP) is 3.55. The van der Waals surface area contributed by atoms with Gasteiger partial charge in [0.1, 0.15) is 5.69 Å². The first kappa shape index (κ1) is 16.1. The molecule has 0 amide bonds. The lowest BCUT2D eigenvalue weighted by molar-refractivity contribution is -0.0383. The molecule has 0 bridgehead atoms. The molecule has 4 aromatic rings. The minimum absolute atomic E-state index is 0.0671. The van der Waals surface area contributed by atoms with Gasteiger partial charge in [-0.15, -0.1) is 10.2 Å². The zero-order chi connectivity index (χ0) is 18.2. The van der Waals surface area contributed by atoms with E-state index in [-0.39, 0.29) is 6.23 Å². The maximum atomic E-state index is 5.91. The molecule has 5 rings (SSSR count). The minimum Gasteiger partial charge on any atom is -0.421 e. The molecule has 8 heteroatoms. The molecule has 0 aromatic carbocycles. The lowest BCUT2D eigenvalue weighted by Gasteiger charge is -2.24. The van der Waals surface area contributed by atoms with Crippen LogP contribution in [0.4, 0.5) is 0 Å². The topological polar surface area (TPSA) is 91.8 Å². The molecule has 4 aromatic heterocycles. The Morgan fingerprint density at radius 2 is 1.96 bits per heavy atom. The summed E-state index contributed by atoms with van der Waals surface area (Å²) in [5.74, 6) is 0.998.